The number of para-hydroxylation sites is 1. The molecule has 0 radical (unpaired) electrons. The zero-order valence-electron chi connectivity index (χ0n) is 18.5. The first-order chi connectivity index (χ1) is 15.4. The molecule has 0 unspecified atom stereocenters. The van der Waals surface area contributed by atoms with Crippen LogP contribution in [0.4, 0.5) is 11.4 Å². The summed E-state index contributed by atoms with van der Waals surface area (Å²) in [6.07, 6.45) is 1.68. The molecule has 0 saturated heterocycles. The van der Waals surface area contributed by atoms with Crippen molar-refractivity contribution in [2.45, 2.75) is 33.6 Å². The minimum absolute atomic E-state index is 0.152. The minimum Gasteiger partial charge on any atom is -0.484 e. The van der Waals surface area contributed by atoms with Gasteiger partial charge in [-0.1, -0.05) is 49.7 Å². The number of hydrogen-bond acceptors (Lipinski definition) is 3. The van der Waals surface area contributed by atoms with Crippen LogP contribution in [-0.4, -0.2) is 18.4 Å². The van der Waals surface area contributed by atoms with Crippen LogP contribution in [0.2, 0.25) is 5.02 Å². The van der Waals surface area contributed by atoms with E-state index in [1.54, 1.807) is 42.5 Å². The molecule has 0 aliphatic heterocycles. The van der Waals surface area contributed by atoms with Crippen molar-refractivity contribution in [3.05, 3.63) is 87.9 Å². The number of carbonyl (C=O) groups excluding carboxylic acids is 2. The third kappa shape index (κ3) is 5.68. The number of halogens is 1. The molecule has 0 heterocycles. The van der Waals surface area contributed by atoms with E-state index in [1.165, 1.54) is 0 Å². The SMILES string of the molecule is CCc1cccc(CC)c1NC(=O)c1ccc(OCC(=O)Nc2cccc(Cl)c2C)cc1. The maximum Gasteiger partial charge on any atom is 0.262 e. The van der Waals surface area contributed by atoms with Crippen molar-refractivity contribution in [2.75, 3.05) is 17.2 Å². The minimum atomic E-state index is -0.291. The molecule has 0 saturated carbocycles. The fourth-order valence-electron chi connectivity index (χ4n) is 3.37. The Labute approximate surface area is 193 Å². The molecular weight excluding hydrogens is 424 g/mol. The Kier molecular flexibility index (Phi) is 7.90. The second-order valence-electron chi connectivity index (χ2n) is 7.39. The predicted octanol–water partition coefficient (Wildman–Crippen LogP) is 6.04. The number of carbonyl (C=O) groups is 2. The summed E-state index contributed by atoms with van der Waals surface area (Å²) in [5.74, 6) is 0.0319. The second kappa shape index (κ2) is 10.8. The van der Waals surface area contributed by atoms with Gasteiger partial charge in [-0.15, -0.1) is 0 Å². The number of ether oxygens (including phenoxy) is 1. The molecule has 0 atom stereocenters. The first kappa shape index (κ1) is 23.4. The maximum absolute atomic E-state index is 12.8. The molecule has 0 aliphatic carbocycles. The monoisotopic (exact) mass is 450 g/mol. The lowest BCUT2D eigenvalue weighted by molar-refractivity contribution is -0.118. The van der Waals surface area contributed by atoms with Crippen LogP contribution >= 0.6 is 11.6 Å². The highest BCUT2D eigenvalue weighted by Gasteiger charge is 2.12. The van der Waals surface area contributed by atoms with Crippen molar-refractivity contribution in [1.82, 2.24) is 0 Å². The molecule has 6 heteroatoms. The highest BCUT2D eigenvalue weighted by atomic mass is 35.5. The molecule has 166 valence electrons. The Morgan fingerprint density at radius 2 is 1.50 bits per heavy atom. The summed E-state index contributed by atoms with van der Waals surface area (Å²) in [6, 6.07) is 18.1. The van der Waals surface area contributed by atoms with Crippen molar-refractivity contribution in [2.24, 2.45) is 0 Å². The number of nitrogens with one attached hydrogen (secondary N) is 2. The van der Waals surface area contributed by atoms with Crippen molar-refractivity contribution < 1.29 is 14.3 Å². The molecule has 3 rings (SSSR count). The van der Waals surface area contributed by atoms with Gasteiger partial charge in [0.2, 0.25) is 0 Å². The highest BCUT2D eigenvalue weighted by molar-refractivity contribution is 6.31. The molecule has 2 amide bonds. The molecule has 0 bridgehead atoms. The number of aryl methyl sites for hydroxylation is 2. The summed E-state index contributed by atoms with van der Waals surface area (Å²) in [6.45, 7) is 5.83. The van der Waals surface area contributed by atoms with Gasteiger partial charge in [-0.3, -0.25) is 9.59 Å². The molecular formula is C26H27ClN2O3. The van der Waals surface area contributed by atoms with Crippen LogP contribution in [0, 0.1) is 6.92 Å². The Hall–Kier alpha value is -3.31. The predicted molar refractivity (Wildman–Crippen MR) is 130 cm³/mol. The van der Waals surface area contributed by atoms with Crippen LogP contribution in [-0.2, 0) is 17.6 Å². The van der Waals surface area contributed by atoms with E-state index in [-0.39, 0.29) is 18.4 Å². The third-order valence-corrected chi connectivity index (χ3v) is 5.68. The van der Waals surface area contributed by atoms with Gasteiger partial charge in [0, 0.05) is 22.0 Å². The van der Waals surface area contributed by atoms with Crippen molar-refractivity contribution in [3.8, 4) is 5.75 Å². The highest BCUT2D eigenvalue weighted by Crippen LogP contribution is 2.24. The number of hydrogen-bond donors (Lipinski definition) is 2. The fraction of sp³-hybridized carbons (Fsp3) is 0.231. The van der Waals surface area contributed by atoms with Crippen LogP contribution in [0.15, 0.2) is 60.7 Å². The summed E-state index contributed by atoms with van der Waals surface area (Å²) < 4.78 is 5.56. The standard InChI is InChI=1S/C26H27ClN2O3/c1-4-18-8-6-9-19(5-2)25(18)29-26(31)20-12-14-21(15-13-20)32-16-24(30)28-23-11-7-10-22(27)17(23)3/h6-15H,4-5,16H2,1-3H3,(H,28,30)(H,29,31). The van der Waals surface area contributed by atoms with E-state index >= 15 is 0 Å². The quantitative estimate of drug-likeness (QED) is 0.439. The molecule has 5 nitrogen and oxygen atoms in total. The lowest BCUT2D eigenvalue weighted by Gasteiger charge is -2.14. The average Bonchev–Trinajstić information content (AvgIpc) is 2.81. The van der Waals surface area contributed by atoms with Gasteiger partial charge in [0.05, 0.1) is 0 Å². The van der Waals surface area contributed by atoms with E-state index in [0.717, 1.165) is 35.2 Å². The van der Waals surface area contributed by atoms with Gasteiger partial charge in [-0.2, -0.15) is 0 Å². The molecule has 32 heavy (non-hydrogen) atoms. The van der Waals surface area contributed by atoms with E-state index in [0.29, 0.717) is 22.0 Å². The second-order valence-corrected chi connectivity index (χ2v) is 7.79. The van der Waals surface area contributed by atoms with Gasteiger partial charge in [-0.25, -0.2) is 0 Å². The van der Waals surface area contributed by atoms with Gasteiger partial charge in [0.25, 0.3) is 11.8 Å². The lowest BCUT2D eigenvalue weighted by atomic mass is 10.0. The van der Waals surface area contributed by atoms with Crippen LogP contribution in [0.25, 0.3) is 0 Å². The molecule has 0 spiro atoms. The van der Waals surface area contributed by atoms with Crippen LogP contribution in [0.1, 0.15) is 40.9 Å². The van der Waals surface area contributed by atoms with Gasteiger partial charge >= 0.3 is 0 Å². The van der Waals surface area contributed by atoms with Crippen molar-refractivity contribution in [1.29, 1.82) is 0 Å². The number of amides is 2. The summed E-state index contributed by atoms with van der Waals surface area (Å²) in [7, 11) is 0. The van der Waals surface area contributed by atoms with E-state index < -0.39 is 0 Å². The molecule has 2 N–H and O–H groups in total. The summed E-state index contributed by atoms with van der Waals surface area (Å²) >= 11 is 6.08. The van der Waals surface area contributed by atoms with Gasteiger partial charge < -0.3 is 15.4 Å². The first-order valence-electron chi connectivity index (χ1n) is 10.6. The third-order valence-electron chi connectivity index (χ3n) is 5.27. The molecule has 3 aromatic rings. The zero-order chi connectivity index (χ0) is 23.1. The number of benzene rings is 3. The van der Waals surface area contributed by atoms with E-state index in [1.807, 2.05) is 25.1 Å². The van der Waals surface area contributed by atoms with Gasteiger partial charge in [0.1, 0.15) is 5.75 Å². The Bertz CT molecular complexity index is 1090. The topological polar surface area (TPSA) is 67.4 Å². The molecule has 3 aromatic carbocycles. The van der Waals surface area contributed by atoms with Crippen molar-refractivity contribution >= 4 is 34.8 Å². The summed E-state index contributed by atoms with van der Waals surface area (Å²) in [5, 5.41) is 6.42. The Morgan fingerprint density at radius 1 is 0.875 bits per heavy atom. The molecule has 0 aliphatic rings. The smallest absolute Gasteiger partial charge is 0.262 e. The lowest BCUT2D eigenvalue weighted by Crippen LogP contribution is -2.20. The van der Waals surface area contributed by atoms with E-state index in [2.05, 4.69) is 24.5 Å². The van der Waals surface area contributed by atoms with Crippen molar-refractivity contribution in [3.63, 3.8) is 0 Å². The summed E-state index contributed by atoms with van der Waals surface area (Å²) in [5.41, 5.74) is 5.07. The fourth-order valence-corrected chi connectivity index (χ4v) is 3.54. The molecule has 0 aromatic heterocycles. The van der Waals surface area contributed by atoms with E-state index in [4.69, 9.17) is 16.3 Å². The van der Waals surface area contributed by atoms with Crippen LogP contribution in [0.5, 0.6) is 5.75 Å². The summed E-state index contributed by atoms with van der Waals surface area (Å²) in [4.78, 5) is 25.0. The average molecular weight is 451 g/mol. The largest absolute Gasteiger partial charge is 0.484 e. The molecule has 0 fully saturated rings. The van der Waals surface area contributed by atoms with Gasteiger partial charge in [0.15, 0.2) is 6.61 Å². The van der Waals surface area contributed by atoms with Crippen LogP contribution in [0.3, 0.4) is 0 Å². The normalized spacial score (nSPS) is 10.5. The zero-order valence-corrected chi connectivity index (χ0v) is 19.3. The van der Waals surface area contributed by atoms with E-state index in [9.17, 15) is 9.59 Å². The van der Waals surface area contributed by atoms with Crippen LogP contribution < -0.4 is 15.4 Å². The maximum atomic E-state index is 12.8. The van der Waals surface area contributed by atoms with Gasteiger partial charge in [-0.05, 0) is 72.9 Å². The first-order valence-corrected chi connectivity index (χ1v) is 11.0. The Balaban J connectivity index is 1.60. The Morgan fingerprint density at radius 3 is 2.12 bits per heavy atom. The number of anilines is 2. The number of rotatable bonds is 8.